The van der Waals surface area contributed by atoms with E-state index in [0.29, 0.717) is 17.7 Å². The Balaban J connectivity index is 1.07. The summed E-state index contributed by atoms with van der Waals surface area (Å²) >= 11 is 14.3. The number of likely N-dealkylation sites (N-methyl/N-ethyl adjacent to an activating group) is 1. The van der Waals surface area contributed by atoms with Crippen LogP contribution in [0.15, 0.2) is 103 Å². The highest BCUT2D eigenvalue weighted by atomic mass is 35.5. The summed E-state index contributed by atoms with van der Waals surface area (Å²) in [7, 11) is 1.47. The fraction of sp³-hybridized carbons (Fsp3) is 0.451. The Morgan fingerprint density at radius 1 is 0.681 bits per heavy atom. The fourth-order valence-corrected chi connectivity index (χ4v) is 15.4. The van der Waals surface area contributed by atoms with E-state index < -0.39 is 237 Å². The molecule has 37 heteroatoms. The molecule has 119 heavy (non-hydrogen) atoms. The number of hydrogen-bond donors (Lipinski definition) is 20. The van der Waals surface area contributed by atoms with Crippen molar-refractivity contribution in [3.63, 3.8) is 0 Å². The van der Waals surface area contributed by atoms with Gasteiger partial charge in [-0.15, -0.1) is 0 Å². The van der Waals surface area contributed by atoms with Crippen LogP contribution in [0.25, 0.3) is 11.1 Å². The molecule has 7 aliphatic heterocycles. The Bertz CT molecular complexity index is 4780. The van der Waals surface area contributed by atoms with Gasteiger partial charge in [0.1, 0.15) is 89.5 Å². The molecule has 11 bridgehead atoms. The van der Waals surface area contributed by atoms with Crippen molar-refractivity contribution in [1.29, 1.82) is 0 Å². The van der Waals surface area contributed by atoms with E-state index in [0.717, 1.165) is 105 Å². The first-order valence-corrected chi connectivity index (χ1v) is 39.6. The van der Waals surface area contributed by atoms with E-state index >= 15 is 14.4 Å². The molecule has 35 nitrogen and oxygen atoms in total. The van der Waals surface area contributed by atoms with Crippen LogP contribution in [0.2, 0.25) is 10.0 Å². The first-order chi connectivity index (χ1) is 56.6. The number of carbonyl (C=O) groups is 9. The van der Waals surface area contributed by atoms with Gasteiger partial charge in [0.25, 0.3) is 5.91 Å². The van der Waals surface area contributed by atoms with Crippen molar-refractivity contribution in [2.75, 3.05) is 20.2 Å². The lowest BCUT2D eigenvalue weighted by Gasteiger charge is -2.48. The summed E-state index contributed by atoms with van der Waals surface area (Å²) in [5, 5.41) is 140. The van der Waals surface area contributed by atoms with Crippen LogP contribution in [0.3, 0.4) is 0 Å². The standard InChI is InChI=1S/C82H98Cl2N10O25/c1-7-8-9-10-11-12-23-87-73(105)39-15-13-38(14-16-39)34-88-82(5)33-59(114-37(4)72(82)104)118-71-69(103)68(102)57(35-95)117-81(71)119-70-55-28-43-29-56(70)116-54-22-19-42(27-48(54)84)67(101)65-79(111)92-63(80(112)113)46-30-44(96)31-52(98)60(46)45-25-40(17-20-51(45)97)61(76(108)94-65)91-77(109)62(43)90-75(107)50(32-58(85)99)89-78(110)64(93-74(106)49(86-6)24-36(2)3)66(100)41-18-21-53(115-55)47(83)26-41/h13-22,25-31,36-37,49-50,57,59,61-69,71-72,81,86,88,95-98,100-104H,7-12,23-24,32-35H2,1-6H3,(H2,85,99)(H,87,105)(H,89,110)(H,90,107)(H,91,109)(H,92,111)(H,93,106)(H,94,108)(H,112,113)/t37-,49+,50-,57+,59-,61+,62+,63-,64+,65-,66+,67+,68+,69-,71+,72+,81-,82-/m0/s1. The highest BCUT2D eigenvalue weighted by Gasteiger charge is 2.52. The van der Waals surface area contributed by atoms with Crippen LogP contribution in [0.4, 0.5) is 0 Å². The van der Waals surface area contributed by atoms with E-state index in [9.17, 15) is 79.8 Å². The third-order valence-electron chi connectivity index (χ3n) is 21.5. The quantitative estimate of drug-likeness (QED) is 0.0380. The minimum Gasteiger partial charge on any atom is -0.508 e. The molecule has 2 saturated heterocycles. The predicted octanol–water partition coefficient (Wildman–Crippen LogP) is 4.03. The summed E-state index contributed by atoms with van der Waals surface area (Å²) in [6.45, 7) is 8.69. The minimum atomic E-state index is -2.37. The molecule has 7 heterocycles. The molecule has 0 aromatic heterocycles. The molecule has 2 fully saturated rings. The number of aromatic hydroxyl groups is 3. The van der Waals surface area contributed by atoms with E-state index in [1.54, 1.807) is 38.1 Å². The molecule has 0 aliphatic carbocycles. The number of halogens is 2. The van der Waals surface area contributed by atoms with Gasteiger partial charge >= 0.3 is 5.97 Å². The topological polar surface area (TPSA) is 546 Å². The number of carbonyl (C=O) groups excluding carboxylic acids is 8. The molecule has 18 atom stereocenters. The van der Waals surface area contributed by atoms with E-state index in [1.807, 2.05) is 13.8 Å². The van der Waals surface area contributed by atoms with Crippen LogP contribution in [0, 0.1) is 5.92 Å². The van der Waals surface area contributed by atoms with Gasteiger partial charge in [-0.1, -0.05) is 106 Å². The average molecular weight is 1690 g/mol. The zero-order chi connectivity index (χ0) is 86.2. The summed E-state index contributed by atoms with van der Waals surface area (Å²) in [6.07, 6.45) is -12.5. The second kappa shape index (κ2) is 38.7. The molecule has 6 aromatic carbocycles. The molecule has 21 N–H and O–H groups in total. The normalized spacial score (nSPS) is 26.7. The molecule has 13 rings (SSSR count). The number of phenols is 3. The molecular weight excluding hydrogens is 1600 g/mol. The van der Waals surface area contributed by atoms with Gasteiger partial charge in [0, 0.05) is 53.4 Å². The molecule has 0 radical (unpaired) electrons. The van der Waals surface area contributed by atoms with Crippen LogP contribution >= 0.6 is 23.2 Å². The number of rotatable bonds is 24. The average Bonchev–Trinajstić information content (AvgIpc) is 0.770. The maximum atomic E-state index is 16.2. The molecular formula is C82H98Cl2N10O25. The SMILES string of the molecule is CCCCCCCCNC(=O)c1ccc(CN[C@@]2(C)C[C@H](O[C@H]3[C@H](Oc4c5cc6cc4Oc4ccc(cc4Cl)[C@@H](O)[C@@H](NC(=O)[C@@H](CC(C)C)NC)C(=O)N[C@@H](CC(N)=O)C(=O)N[C@H]6C(=O)N[C@H]4C(=O)N[C@H](C(=O)N[C@H](C(=O)O)c6cc(O)cc(O)c6-c6cc4ccc6O)[C@H](O)c4ccc(c(Cl)c4)O5)O[C@H](CO)[C@@H](O)[C@@H]3O)O[C@@H](C)[C@H]2O)cc1. The molecule has 6 aromatic rings. The van der Waals surface area contributed by atoms with Crippen molar-refractivity contribution in [3.05, 3.63) is 152 Å². The lowest BCUT2D eigenvalue weighted by molar-refractivity contribution is -0.334. The van der Waals surface area contributed by atoms with Crippen LogP contribution in [-0.4, -0.2) is 203 Å². The Kier molecular flexibility index (Phi) is 29.0. The number of carboxylic acid groups (broad SMARTS) is 1. The molecule has 0 unspecified atom stereocenters. The third-order valence-corrected chi connectivity index (χ3v) is 22.1. The second-order valence-corrected chi connectivity index (χ2v) is 31.5. The number of nitrogens with two attached hydrogens (primary N) is 1. The summed E-state index contributed by atoms with van der Waals surface area (Å²) in [5.74, 6) is -16.4. The number of aliphatic hydroxyl groups is 6. The summed E-state index contributed by atoms with van der Waals surface area (Å²) < 4.78 is 39.5. The number of aliphatic carboxylic acids is 1. The number of unbranched alkanes of at least 4 members (excludes halogenated alkanes) is 5. The number of aliphatic hydroxyl groups excluding tert-OH is 6. The fourth-order valence-electron chi connectivity index (χ4n) is 14.9. The Labute approximate surface area is 692 Å². The van der Waals surface area contributed by atoms with Gasteiger partial charge in [-0.3, -0.25) is 38.4 Å². The number of amides is 8. The molecule has 7 aliphatic rings. The van der Waals surface area contributed by atoms with Gasteiger partial charge in [0.15, 0.2) is 29.9 Å². The molecule has 0 saturated carbocycles. The van der Waals surface area contributed by atoms with Crippen LogP contribution in [0.1, 0.15) is 166 Å². The van der Waals surface area contributed by atoms with Crippen LogP contribution in [-0.2, 0) is 59.1 Å². The monoisotopic (exact) mass is 1690 g/mol. The van der Waals surface area contributed by atoms with Crippen molar-refractivity contribution in [2.45, 2.75) is 208 Å². The number of phenolic OH excluding ortho intramolecular Hbond substituents is 3. The van der Waals surface area contributed by atoms with Crippen LogP contribution in [0.5, 0.6) is 46.0 Å². The number of carboxylic acids is 1. The van der Waals surface area contributed by atoms with Crippen molar-refractivity contribution in [1.82, 2.24) is 47.9 Å². The van der Waals surface area contributed by atoms with Crippen molar-refractivity contribution in [2.24, 2.45) is 11.7 Å². The van der Waals surface area contributed by atoms with Gasteiger partial charge in [-0.25, -0.2) is 4.79 Å². The third kappa shape index (κ3) is 20.7. The zero-order valence-electron chi connectivity index (χ0n) is 65.6. The summed E-state index contributed by atoms with van der Waals surface area (Å²) in [4.78, 5) is 131. The Hall–Kier alpha value is -10.5. The predicted molar refractivity (Wildman–Crippen MR) is 424 cm³/mol. The summed E-state index contributed by atoms with van der Waals surface area (Å²) in [5.41, 5.74) is 2.77. The second-order valence-electron chi connectivity index (χ2n) is 30.7. The molecule has 8 amide bonds. The van der Waals surface area contributed by atoms with E-state index in [4.69, 9.17) is 57.4 Å². The lowest BCUT2D eigenvalue weighted by Crippen LogP contribution is -2.65. The van der Waals surface area contributed by atoms with E-state index in [2.05, 4.69) is 54.8 Å². The number of nitrogens with one attached hydrogen (secondary N) is 9. The van der Waals surface area contributed by atoms with Gasteiger partial charge < -0.3 is 133 Å². The van der Waals surface area contributed by atoms with Gasteiger partial charge in [0.05, 0.1) is 41.3 Å². The van der Waals surface area contributed by atoms with E-state index in [-0.39, 0.29) is 58.7 Å². The molecule has 640 valence electrons. The number of fused-ring (bicyclic) bond motifs is 15. The van der Waals surface area contributed by atoms with Crippen molar-refractivity contribution < 1.29 is 123 Å². The first-order valence-electron chi connectivity index (χ1n) is 38.9. The number of primary amides is 1. The maximum Gasteiger partial charge on any atom is 0.330 e. The number of hydrogen-bond acceptors (Lipinski definition) is 26. The maximum absolute atomic E-state index is 16.2. The highest BCUT2D eigenvalue weighted by Crippen LogP contribution is 2.50. The van der Waals surface area contributed by atoms with E-state index in [1.165, 1.54) is 19.2 Å². The largest absolute Gasteiger partial charge is 0.508 e. The van der Waals surface area contributed by atoms with Gasteiger partial charge in [0.2, 0.25) is 53.4 Å². The van der Waals surface area contributed by atoms with Gasteiger partial charge in [-0.2, -0.15) is 0 Å². The lowest BCUT2D eigenvalue weighted by atomic mass is 9.84. The highest BCUT2D eigenvalue weighted by molar-refractivity contribution is 6.32. The Morgan fingerprint density at radius 2 is 1.30 bits per heavy atom. The summed E-state index contributed by atoms with van der Waals surface area (Å²) in [6, 6.07) is 6.13. The number of benzene rings is 6. The van der Waals surface area contributed by atoms with Crippen molar-refractivity contribution >= 4 is 76.4 Å². The first kappa shape index (κ1) is 89.3. The smallest absolute Gasteiger partial charge is 0.330 e. The zero-order valence-corrected chi connectivity index (χ0v) is 67.1. The Morgan fingerprint density at radius 3 is 1.92 bits per heavy atom. The van der Waals surface area contributed by atoms with Gasteiger partial charge in [-0.05, 0) is 134 Å². The van der Waals surface area contributed by atoms with Crippen molar-refractivity contribution in [3.8, 4) is 57.1 Å². The minimum absolute atomic E-state index is 0.110. The van der Waals surface area contributed by atoms with Crippen LogP contribution < -0.4 is 67.8 Å². The molecule has 0 spiro atoms. The number of ether oxygens (including phenoxy) is 6.